The second-order valence-electron chi connectivity index (χ2n) is 10.4. The molecule has 1 fully saturated rings. The van der Waals surface area contributed by atoms with Crippen molar-refractivity contribution < 1.29 is 4.74 Å². The minimum atomic E-state index is 0.792. The quantitative estimate of drug-likeness (QED) is 0.232. The smallest absolute Gasteiger partial charge is 0.159 e. The molecule has 1 saturated carbocycles. The van der Waals surface area contributed by atoms with Crippen molar-refractivity contribution in [1.82, 2.24) is 9.97 Å². The molecule has 0 aliphatic heterocycles. The van der Waals surface area contributed by atoms with E-state index in [1.807, 2.05) is 12.4 Å². The van der Waals surface area contributed by atoms with E-state index in [4.69, 9.17) is 4.74 Å². The van der Waals surface area contributed by atoms with Crippen LogP contribution in [0.25, 0.3) is 11.4 Å². The minimum absolute atomic E-state index is 0.792. The summed E-state index contributed by atoms with van der Waals surface area (Å²) in [4.78, 5) is 9.11. The van der Waals surface area contributed by atoms with Gasteiger partial charge < -0.3 is 4.74 Å². The van der Waals surface area contributed by atoms with Gasteiger partial charge in [-0.2, -0.15) is 0 Å². The SMILES string of the molecule is CCCCCCCCC1CCCCC1CCCOc1ccc(-c2ncc(CCCC)cn2)cc1. The molecule has 2 aromatic rings. The first-order valence-electron chi connectivity index (χ1n) is 14.3. The molecule has 188 valence electrons. The highest BCUT2D eigenvalue weighted by atomic mass is 16.5. The van der Waals surface area contributed by atoms with E-state index >= 15 is 0 Å². The van der Waals surface area contributed by atoms with Crippen molar-refractivity contribution in [3.63, 3.8) is 0 Å². The number of aryl methyl sites for hydroxylation is 1. The van der Waals surface area contributed by atoms with Crippen LogP contribution in [-0.2, 0) is 6.42 Å². The first-order chi connectivity index (χ1) is 16.8. The summed E-state index contributed by atoms with van der Waals surface area (Å²) in [5.74, 6) is 3.64. The molecule has 0 bridgehead atoms. The van der Waals surface area contributed by atoms with Gasteiger partial charge in [-0.3, -0.25) is 0 Å². The van der Waals surface area contributed by atoms with Crippen LogP contribution in [-0.4, -0.2) is 16.6 Å². The summed E-state index contributed by atoms with van der Waals surface area (Å²) < 4.78 is 6.08. The minimum Gasteiger partial charge on any atom is -0.494 e. The van der Waals surface area contributed by atoms with E-state index in [1.54, 1.807) is 0 Å². The van der Waals surface area contributed by atoms with Gasteiger partial charge in [-0.05, 0) is 67.3 Å². The molecule has 34 heavy (non-hydrogen) atoms. The molecular weight excluding hydrogens is 416 g/mol. The first kappa shape index (κ1) is 26.7. The van der Waals surface area contributed by atoms with E-state index < -0.39 is 0 Å². The first-order valence-corrected chi connectivity index (χ1v) is 14.3. The van der Waals surface area contributed by atoms with Crippen molar-refractivity contribution in [2.45, 2.75) is 117 Å². The highest BCUT2D eigenvalue weighted by Gasteiger charge is 2.24. The van der Waals surface area contributed by atoms with Crippen molar-refractivity contribution in [3.8, 4) is 17.1 Å². The van der Waals surface area contributed by atoms with E-state index in [0.717, 1.165) is 42.0 Å². The van der Waals surface area contributed by atoms with E-state index in [-0.39, 0.29) is 0 Å². The molecule has 1 aliphatic carbocycles. The molecule has 0 spiro atoms. The van der Waals surface area contributed by atoms with E-state index in [1.165, 1.54) is 102 Å². The predicted molar refractivity (Wildman–Crippen MR) is 144 cm³/mol. The summed E-state index contributed by atoms with van der Waals surface area (Å²) in [6.07, 6.45) is 25.6. The van der Waals surface area contributed by atoms with Gasteiger partial charge in [0.25, 0.3) is 0 Å². The molecule has 2 unspecified atom stereocenters. The van der Waals surface area contributed by atoms with E-state index in [2.05, 4.69) is 48.1 Å². The third-order valence-corrected chi connectivity index (χ3v) is 7.62. The Morgan fingerprint density at radius 2 is 1.35 bits per heavy atom. The monoisotopic (exact) mass is 464 g/mol. The van der Waals surface area contributed by atoms with E-state index in [9.17, 15) is 0 Å². The lowest BCUT2D eigenvalue weighted by atomic mass is 9.74. The van der Waals surface area contributed by atoms with Crippen molar-refractivity contribution >= 4 is 0 Å². The highest BCUT2D eigenvalue weighted by Crippen LogP contribution is 2.36. The number of nitrogens with zero attached hydrogens (tertiary/aromatic N) is 2. The normalized spacial score (nSPS) is 18.2. The number of hydrogen-bond acceptors (Lipinski definition) is 3. The highest BCUT2D eigenvalue weighted by molar-refractivity contribution is 5.55. The van der Waals surface area contributed by atoms with Crippen molar-refractivity contribution in [1.29, 1.82) is 0 Å². The summed E-state index contributed by atoms with van der Waals surface area (Å²) in [6.45, 7) is 5.33. The number of aromatic nitrogens is 2. The van der Waals surface area contributed by atoms with Crippen molar-refractivity contribution in [2.75, 3.05) is 6.61 Å². The molecule has 1 heterocycles. The molecule has 0 saturated heterocycles. The topological polar surface area (TPSA) is 35.0 Å². The standard InChI is InChI=1S/C31H48N2O/c1-3-5-7-8-9-10-15-27-16-11-12-17-28(27)18-13-23-34-30-21-19-29(20-22-30)31-32-24-26(25-33-31)14-6-4-2/h19-22,24-25,27-28H,3-18,23H2,1-2H3. The van der Waals surface area contributed by atoms with Crippen LogP contribution in [0.15, 0.2) is 36.7 Å². The fraction of sp³-hybridized carbons (Fsp3) is 0.677. The second-order valence-corrected chi connectivity index (χ2v) is 10.4. The number of rotatable bonds is 16. The van der Waals surface area contributed by atoms with Crippen LogP contribution in [0.5, 0.6) is 5.75 Å². The van der Waals surface area contributed by atoms with Gasteiger partial charge in [0.1, 0.15) is 5.75 Å². The van der Waals surface area contributed by atoms with Gasteiger partial charge in [0.05, 0.1) is 6.61 Å². The Labute approximate surface area is 209 Å². The molecule has 0 amide bonds. The summed E-state index contributed by atoms with van der Waals surface area (Å²) in [5.41, 5.74) is 2.27. The summed E-state index contributed by atoms with van der Waals surface area (Å²) in [7, 11) is 0. The fourth-order valence-corrected chi connectivity index (χ4v) is 5.48. The Balaban J connectivity index is 1.35. The molecule has 1 aliphatic rings. The van der Waals surface area contributed by atoms with Gasteiger partial charge in [0, 0.05) is 18.0 Å². The van der Waals surface area contributed by atoms with Crippen LogP contribution in [0.1, 0.15) is 116 Å². The maximum Gasteiger partial charge on any atom is 0.159 e. The van der Waals surface area contributed by atoms with Crippen LogP contribution >= 0.6 is 0 Å². The van der Waals surface area contributed by atoms with Crippen LogP contribution < -0.4 is 4.74 Å². The molecule has 3 rings (SSSR count). The lowest BCUT2D eigenvalue weighted by Gasteiger charge is -2.32. The number of unbranched alkanes of at least 4 members (excludes halogenated alkanes) is 6. The van der Waals surface area contributed by atoms with Gasteiger partial charge in [-0.15, -0.1) is 0 Å². The molecule has 0 N–H and O–H groups in total. The second kappa shape index (κ2) is 15.9. The summed E-state index contributed by atoms with van der Waals surface area (Å²) in [6, 6.07) is 8.28. The number of benzene rings is 1. The third kappa shape index (κ3) is 9.39. The predicted octanol–water partition coefficient (Wildman–Crippen LogP) is 9.20. The lowest BCUT2D eigenvalue weighted by molar-refractivity contribution is 0.190. The zero-order valence-electron chi connectivity index (χ0n) is 21.9. The Bertz CT molecular complexity index is 771. The molecule has 1 aromatic carbocycles. The van der Waals surface area contributed by atoms with Crippen LogP contribution in [0.3, 0.4) is 0 Å². The Morgan fingerprint density at radius 3 is 2.03 bits per heavy atom. The summed E-state index contributed by atoms with van der Waals surface area (Å²) in [5, 5.41) is 0. The largest absolute Gasteiger partial charge is 0.494 e. The molecule has 3 nitrogen and oxygen atoms in total. The molecule has 0 radical (unpaired) electrons. The maximum absolute atomic E-state index is 6.08. The zero-order chi connectivity index (χ0) is 23.8. The number of ether oxygens (including phenoxy) is 1. The molecule has 2 atom stereocenters. The molecule has 3 heteroatoms. The van der Waals surface area contributed by atoms with E-state index in [0.29, 0.717) is 0 Å². The lowest BCUT2D eigenvalue weighted by Crippen LogP contribution is -2.20. The Hall–Kier alpha value is -1.90. The van der Waals surface area contributed by atoms with Crippen molar-refractivity contribution in [2.24, 2.45) is 11.8 Å². The van der Waals surface area contributed by atoms with Gasteiger partial charge in [0.15, 0.2) is 5.82 Å². The van der Waals surface area contributed by atoms with Crippen LogP contribution in [0, 0.1) is 11.8 Å². The average Bonchev–Trinajstić information content (AvgIpc) is 2.89. The van der Waals surface area contributed by atoms with Gasteiger partial charge in [-0.25, -0.2) is 9.97 Å². The fourth-order valence-electron chi connectivity index (χ4n) is 5.48. The third-order valence-electron chi connectivity index (χ3n) is 7.62. The average molecular weight is 465 g/mol. The summed E-state index contributed by atoms with van der Waals surface area (Å²) >= 11 is 0. The zero-order valence-corrected chi connectivity index (χ0v) is 21.9. The number of hydrogen-bond donors (Lipinski definition) is 0. The van der Waals surface area contributed by atoms with Gasteiger partial charge in [-0.1, -0.05) is 90.9 Å². The molecular formula is C31H48N2O. The van der Waals surface area contributed by atoms with Gasteiger partial charge >= 0.3 is 0 Å². The maximum atomic E-state index is 6.08. The Morgan fingerprint density at radius 1 is 0.735 bits per heavy atom. The van der Waals surface area contributed by atoms with Crippen LogP contribution in [0.2, 0.25) is 0 Å². The van der Waals surface area contributed by atoms with Crippen LogP contribution in [0.4, 0.5) is 0 Å². The Kier molecular flexibility index (Phi) is 12.5. The molecule has 1 aromatic heterocycles. The van der Waals surface area contributed by atoms with Gasteiger partial charge in [0.2, 0.25) is 0 Å². The van der Waals surface area contributed by atoms with Crippen molar-refractivity contribution in [3.05, 3.63) is 42.2 Å².